The summed E-state index contributed by atoms with van der Waals surface area (Å²) >= 11 is 0. The molecule has 4 atom stereocenters. The van der Waals surface area contributed by atoms with E-state index in [2.05, 4.69) is 0 Å². The lowest BCUT2D eigenvalue weighted by Crippen LogP contribution is -2.97. The van der Waals surface area contributed by atoms with Crippen molar-refractivity contribution < 1.29 is 65.6 Å². The number of nitrogens with two attached hydrogens (primary N) is 2. The highest BCUT2D eigenvalue weighted by Gasteiger charge is 2.23. The van der Waals surface area contributed by atoms with Gasteiger partial charge in [-0.25, -0.2) is 9.59 Å². The predicted octanol–water partition coefficient (Wildman–Crippen LogP) is -3.53. The Bertz CT molecular complexity index is 1020. The number of carboxylic acid groups (broad SMARTS) is 4. The van der Waals surface area contributed by atoms with Gasteiger partial charge in [0.25, 0.3) is 0 Å². The molecule has 0 saturated heterocycles. The molecule has 0 fully saturated rings. The van der Waals surface area contributed by atoms with E-state index in [1.807, 2.05) is 85.1 Å². The van der Waals surface area contributed by atoms with Crippen molar-refractivity contribution in [3.05, 3.63) is 96.1 Å². The monoisotopic (exact) mass is 590 g/mol. The van der Waals surface area contributed by atoms with Gasteiger partial charge in [-0.15, -0.1) is 0 Å². The van der Waals surface area contributed by atoms with Crippen LogP contribution >= 0.6 is 0 Å². The number of aliphatic carboxylic acids is 4. The Kier molecular flexibility index (Phi) is 19.1. The van der Waals surface area contributed by atoms with Gasteiger partial charge in [0.2, 0.25) is 0 Å². The van der Waals surface area contributed by atoms with Crippen molar-refractivity contribution in [2.24, 2.45) is 0 Å². The van der Waals surface area contributed by atoms with Gasteiger partial charge in [0.05, 0.1) is 11.9 Å². The molecule has 9 N–H and O–H groups in total. The fraction of sp³-hybridized carbons (Fsp3) is 0.310. The molecule has 13 heteroatoms. The number of rotatable bonds is 14. The third-order valence-electron chi connectivity index (χ3n) is 5.56. The van der Waals surface area contributed by atoms with E-state index in [0.717, 1.165) is 11.1 Å². The van der Waals surface area contributed by atoms with Crippen LogP contribution in [0.2, 0.25) is 0 Å². The Morgan fingerprint density at radius 2 is 0.952 bits per heavy atom. The second-order valence-electron chi connectivity index (χ2n) is 9.01. The van der Waals surface area contributed by atoms with Crippen LogP contribution in [0.25, 0.3) is 0 Å². The quantitative estimate of drug-likeness (QED) is 0.106. The first kappa shape index (κ1) is 37.6. The first-order valence-electron chi connectivity index (χ1n) is 12.8. The zero-order chi connectivity index (χ0) is 32.1. The molecule has 2 aromatic carbocycles. The molecule has 0 spiro atoms. The van der Waals surface area contributed by atoms with Crippen molar-refractivity contribution in [1.82, 2.24) is 0 Å². The van der Waals surface area contributed by atoms with Crippen LogP contribution < -0.4 is 20.8 Å². The van der Waals surface area contributed by atoms with Crippen LogP contribution in [0.4, 0.5) is 0 Å². The molecule has 0 amide bonds. The largest absolute Gasteiger partial charge is 0.545 e. The lowest BCUT2D eigenvalue weighted by molar-refractivity contribution is -0.726. The first-order valence-corrected chi connectivity index (χ1v) is 12.8. The summed E-state index contributed by atoms with van der Waals surface area (Å²) in [5.41, 5.74) is 1.77. The van der Waals surface area contributed by atoms with Crippen molar-refractivity contribution in [3.8, 4) is 0 Å². The Morgan fingerprint density at radius 3 is 1.19 bits per heavy atom. The van der Waals surface area contributed by atoms with Gasteiger partial charge in [-0.05, 0) is 37.1 Å². The SMILES string of the molecule is CC([NH2+]CC(O)C[NH2+]C(C)C(O)c1ccccc1)C(O)c1ccccc1.O=C([O-])/C=C/C(=O)O.O=C([O-])/C=C/C(=O)O. The molecule has 230 valence electrons. The van der Waals surface area contributed by atoms with E-state index in [4.69, 9.17) is 10.2 Å². The average molecular weight is 591 g/mol. The molecule has 0 aliphatic rings. The summed E-state index contributed by atoms with van der Waals surface area (Å²) in [6.45, 7) is 4.93. The highest BCUT2D eigenvalue weighted by atomic mass is 16.4. The van der Waals surface area contributed by atoms with E-state index >= 15 is 0 Å². The molecule has 2 aromatic rings. The van der Waals surface area contributed by atoms with E-state index in [1.54, 1.807) is 0 Å². The molecule has 4 unspecified atom stereocenters. The summed E-state index contributed by atoms with van der Waals surface area (Å²) in [5.74, 6) is -5.61. The van der Waals surface area contributed by atoms with Crippen LogP contribution in [-0.2, 0) is 19.2 Å². The van der Waals surface area contributed by atoms with Crippen molar-refractivity contribution >= 4 is 23.9 Å². The average Bonchev–Trinajstić information content (AvgIpc) is 2.97. The minimum absolute atomic E-state index is 0.0422. The van der Waals surface area contributed by atoms with E-state index in [0.29, 0.717) is 37.4 Å². The molecule has 0 bridgehead atoms. The Hall–Kier alpha value is -4.40. The summed E-state index contributed by atoms with van der Waals surface area (Å²) < 4.78 is 0. The highest BCUT2D eigenvalue weighted by molar-refractivity contribution is 5.89. The third kappa shape index (κ3) is 18.8. The number of carbonyl (C=O) groups excluding carboxylic acids is 2. The minimum Gasteiger partial charge on any atom is -0.545 e. The fourth-order valence-corrected chi connectivity index (χ4v) is 3.28. The predicted molar refractivity (Wildman–Crippen MR) is 145 cm³/mol. The topological polar surface area (TPSA) is 249 Å². The molecule has 42 heavy (non-hydrogen) atoms. The van der Waals surface area contributed by atoms with Crippen molar-refractivity contribution in [2.45, 2.75) is 44.2 Å². The fourth-order valence-electron chi connectivity index (χ4n) is 3.28. The minimum atomic E-state index is -1.51. The van der Waals surface area contributed by atoms with Crippen LogP contribution in [-0.4, -0.2) is 80.7 Å². The second-order valence-corrected chi connectivity index (χ2v) is 9.01. The summed E-state index contributed by atoms with van der Waals surface area (Å²) in [5, 5.41) is 69.3. The van der Waals surface area contributed by atoms with Gasteiger partial charge in [-0.1, -0.05) is 60.7 Å². The number of carbonyl (C=O) groups is 4. The van der Waals surface area contributed by atoms with Crippen LogP contribution in [0.3, 0.4) is 0 Å². The lowest BCUT2D eigenvalue weighted by atomic mass is 10.0. The van der Waals surface area contributed by atoms with Gasteiger partial charge in [-0.2, -0.15) is 0 Å². The molecule has 0 heterocycles. The molecule has 2 rings (SSSR count). The number of carboxylic acids is 4. The van der Waals surface area contributed by atoms with Gasteiger partial charge in [-0.3, -0.25) is 0 Å². The van der Waals surface area contributed by atoms with Crippen LogP contribution in [0, 0.1) is 0 Å². The lowest BCUT2D eigenvalue weighted by Gasteiger charge is -2.21. The van der Waals surface area contributed by atoms with Crippen molar-refractivity contribution in [3.63, 3.8) is 0 Å². The molecule has 0 radical (unpaired) electrons. The molecule has 0 aromatic heterocycles. The Labute approximate surface area is 243 Å². The number of hydrogen-bond acceptors (Lipinski definition) is 9. The zero-order valence-corrected chi connectivity index (χ0v) is 23.2. The third-order valence-corrected chi connectivity index (χ3v) is 5.56. The van der Waals surface area contributed by atoms with E-state index in [9.17, 15) is 44.7 Å². The molecular weight excluding hydrogens is 552 g/mol. The molecular formula is C29H38N2O11. The van der Waals surface area contributed by atoms with Gasteiger partial charge in [0.1, 0.15) is 37.4 Å². The number of benzene rings is 2. The number of hydrogen-bond donors (Lipinski definition) is 7. The van der Waals surface area contributed by atoms with Gasteiger partial charge in [0.15, 0.2) is 6.10 Å². The van der Waals surface area contributed by atoms with Crippen molar-refractivity contribution in [1.29, 1.82) is 0 Å². The van der Waals surface area contributed by atoms with E-state index < -0.39 is 42.2 Å². The zero-order valence-electron chi connectivity index (χ0n) is 23.2. The van der Waals surface area contributed by atoms with Gasteiger partial charge in [0, 0.05) is 12.2 Å². The molecule has 0 aliphatic carbocycles. The smallest absolute Gasteiger partial charge is 0.328 e. The van der Waals surface area contributed by atoms with E-state index in [-0.39, 0.29) is 12.1 Å². The van der Waals surface area contributed by atoms with Gasteiger partial charge < -0.3 is 56.0 Å². The molecule has 13 nitrogen and oxygen atoms in total. The number of aliphatic hydroxyl groups is 3. The number of aliphatic hydroxyl groups excluding tert-OH is 3. The highest BCUT2D eigenvalue weighted by Crippen LogP contribution is 2.14. The second kappa shape index (κ2) is 21.4. The van der Waals surface area contributed by atoms with Crippen LogP contribution in [0.15, 0.2) is 85.0 Å². The summed E-state index contributed by atoms with van der Waals surface area (Å²) in [4.78, 5) is 37.9. The molecule has 0 saturated carbocycles. The normalized spacial score (nSPS) is 14.3. The Balaban J connectivity index is 0.000000861. The molecule has 0 aliphatic heterocycles. The first-order chi connectivity index (χ1) is 19.7. The maximum absolute atomic E-state index is 10.4. The van der Waals surface area contributed by atoms with Crippen LogP contribution in [0.1, 0.15) is 37.2 Å². The van der Waals surface area contributed by atoms with Crippen LogP contribution in [0.5, 0.6) is 0 Å². The summed E-state index contributed by atoms with van der Waals surface area (Å²) in [6.07, 6.45) is 0.248. The van der Waals surface area contributed by atoms with Crippen molar-refractivity contribution in [2.75, 3.05) is 13.1 Å². The maximum atomic E-state index is 10.4. The Morgan fingerprint density at radius 1 is 0.643 bits per heavy atom. The maximum Gasteiger partial charge on any atom is 0.328 e. The van der Waals surface area contributed by atoms with Gasteiger partial charge >= 0.3 is 11.9 Å². The van der Waals surface area contributed by atoms with E-state index in [1.165, 1.54) is 0 Å². The summed E-state index contributed by atoms with van der Waals surface area (Å²) in [6, 6.07) is 19.0. The number of quaternary nitrogens is 2. The standard InChI is InChI=1S/C21H30N2O3.2C4H4O4/c1-15(20(25)17-9-5-3-6-10-17)22-13-19(24)14-23-16(2)21(26)18-11-7-4-8-12-18;2*5-3(6)1-2-4(7)8/h3-12,15-16,19-26H,13-14H2,1-2H3;2*1-2H,(H,5,6)(H,7,8)/b;2*2-1+. The summed E-state index contributed by atoms with van der Waals surface area (Å²) in [7, 11) is 0.